The Morgan fingerprint density at radius 2 is 1.73 bits per heavy atom. The van der Waals surface area contributed by atoms with Crippen LogP contribution in [-0.2, 0) is 16.0 Å². The molecule has 0 aliphatic carbocycles. The number of hydrogen-bond acceptors (Lipinski definition) is 9. The number of nitrogens with zero attached hydrogens (tertiary/aromatic N) is 4. The van der Waals surface area contributed by atoms with Crippen LogP contribution in [0, 0.1) is 0 Å². The maximum absolute atomic E-state index is 5.72. The van der Waals surface area contributed by atoms with Crippen LogP contribution in [-0.4, -0.2) is 68.1 Å². The van der Waals surface area contributed by atoms with Crippen molar-refractivity contribution >= 4 is 11.9 Å². The second kappa shape index (κ2) is 14.5. The van der Waals surface area contributed by atoms with Crippen LogP contribution >= 0.6 is 0 Å². The van der Waals surface area contributed by atoms with E-state index in [1.165, 1.54) is 5.56 Å². The van der Waals surface area contributed by atoms with E-state index in [0.717, 1.165) is 12.8 Å². The van der Waals surface area contributed by atoms with Crippen molar-refractivity contribution in [1.29, 1.82) is 0 Å². The lowest BCUT2D eigenvalue weighted by atomic mass is 10.2. The molecule has 0 atom stereocenters. The third kappa shape index (κ3) is 9.34. The number of benzene rings is 1. The number of hydrogen-bond donors (Lipinski definition) is 2. The van der Waals surface area contributed by atoms with Gasteiger partial charge in [0.15, 0.2) is 0 Å². The van der Waals surface area contributed by atoms with Gasteiger partial charge in [-0.1, -0.05) is 43.7 Å². The highest BCUT2D eigenvalue weighted by molar-refractivity contribution is 5.38. The summed E-state index contributed by atoms with van der Waals surface area (Å²) in [6, 6.07) is 10.5. The van der Waals surface area contributed by atoms with E-state index in [-0.39, 0.29) is 0 Å². The minimum absolute atomic E-state index is 0.326. The molecule has 0 unspecified atom stereocenters. The van der Waals surface area contributed by atoms with Crippen LogP contribution in [0.3, 0.4) is 0 Å². The minimum Gasteiger partial charge on any atom is -0.463 e. The molecular weight excluding hydrogens is 384 g/mol. The van der Waals surface area contributed by atoms with Gasteiger partial charge >= 0.3 is 6.01 Å². The molecule has 9 nitrogen and oxygen atoms in total. The number of ether oxygens (including phenoxy) is 3. The molecule has 2 rings (SSSR count). The van der Waals surface area contributed by atoms with Crippen LogP contribution in [0.15, 0.2) is 30.3 Å². The highest BCUT2D eigenvalue weighted by atomic mass is 16.5. The fraction of sp³-hybridized carbons (Fsp3) is 0.571. The highest BCUT2D eigenvalue weighted by Crippen LogP contribution is 2.16. The Bertz CT molecular complexity index is 704. The van der Waals surface area contributed by atoms with Crippen LogP contribution < -0.4 is 20.7 Å². The minimum atomic E-state index is 0.326. The predicted molar refractivity (Wildman–Crippen MR) is 118 cm³/mol. The second-order valence-electron chi connectivity index (χ2n) is 6.73. The monoisotopic (exact) mass is 418 g/mol. The van der Waals surface area contributed by atoms with Crippen molar-refractivity contribution in [2.45, 2.75) is 26.3 Å². The van der Waals surface area contributed by atoms with Crippen LogP contribution in [0.1, 0.15) is 25.3 Å². The van der Waals surface area contributed by atoms with E-state index in [9.17, 15) is 0 Å². The van der Waals surface area contributed by atoms with Gasteiger partial charge in [-0.05, 0) is 12.0 Å². The first kappa shape index (κ1) is 23.8. The smallest absolute Gasteiger partial charge is 0.323 e. The molecule has 0 aliphatic heterocycles. The number of anilines is 2. The number of nitrogens with two attached hydrogens (primary N) is 1. The van der Waals surface area contributed by atoms with Crippen molar-refractivity contribution in [2.24, 2.45) is 5.73 Å². The standard InChI is InChI=1S/C21H34N6O3/c1-3-4-12-30-21-25-19(23-11-14-29-16-15-28-13-10-22)24-20(26-21)27(2)17-18-8-6-5-7-9-18/h5-9H,3-4,10-17,22H2,1-2H3,(H,23,24,25,26). The third-order valence-corrected chi connectivity index (χ3v) is 4.10. The maximum atomic E-state index is 5.72. The van der Waals surface area contributed by atoms with Crippen molar-refractivity contribution in [3.8, 4) is 6.01 Å². The Morgan fingerprint density at radius 3 is 2.47 bits per heavy atom. The Labute approximate surface area is 179 Å². The first-order chi connectivity index (χ1) is 14.7. The van der Waals surface area contributed by atoms with Crippen molar-refractivity contribution in [1.82, 2.24) is 15.0 Å². The molecule has 1 aromatic heterocycles. The fourth-order valence-corrected chi connectivity index (χ4v) is 2.54. The Kier molecular flexibility index (Phi) is 11.5. The number of rotatable bonds is 16. The van der Waals surface area contributed by atoms with E-state index in [4.69, 9.17) is 19.9 Å². The average Bonchev–Trinajstić information content (AvgIpc) is 2.76. The summed E-state index contributed by atoms with van der Waals surface area (Å²) in [5.41, 5.74) is 6.55. The topological polar surface area (TPSA) is 108 Å². The first-order valence-corrected chi connectivity index (χ1v) is 10.5. The molecule has 1 aromatic carbocycles. The molecule has 0 spiro atoms. The lowest BCUT2D eigenvalue weighted by Crippen LogP contribution is -2.21. The highest BCUT2D eigenvalue weighted by Gasteiger charge is 2.12. The Morgan fingerprint density at radius 1 is 0.967 bits per heavy atom. The Hall–Kier alpha value is -2.49. The fourth-order valence-electron chi connectivity index (χ4n) is 2.54. The van der Waals surface area contributed by atoms with E-state index in [2.05, 4.69) is 39.3 Å². The summed E-state index contributed by atoms with van der Waals surface area (Å²) in [5, 5.41) is 3.18. The Balaban J connectivity index is 1.92. The summed E-state index contributed by atoms with van der Waals surface area (Å²) < 4.78 is 16.5. The van der Waals surface area contributed by atoms with E-state index in [1.54, 1.807) is 0 Å². The van der Waals surface area contributed by atoms with Crippen LogP contribution in [0.5, 0.6) is 6.01 Å². The first-order valence-electron chi connectivity index (χ1n) is 10.5. The lowest BCUT2D eigenvalue weighted by molar-refractivity contribution is 0.0547. The van der Waals surface area contributed by atoms with E-state index in [0.29, 0.717) is 70.6 Å². The van der Waals surface area contributed by atoms with Gasteiger partial charge in [0.05, 0.1) is 33.0 Å². The third-order valence-electron chi connectivity index (χ3n) is 4.10. The van der Waals surface area contributed by atoms with Gasteiger partial charge in [0, 0.05) is 26.7 Å². The lowest BCUT2D eigenvalue weighted by Gasteiger charge is -2.18. The molecule has 0 fully saturated rings. The zero-order chi connectivity index (χ0) is 21.4. The van der Waals surface area contributed by atoms with Crippen molar-refractivity contribution in [2.75, 3.05) is 63.4 Å². The van der Waals surface area contributed by atoms with Gasteiger partial charge in [-0.15, -0.1) is 0 Å². The second-order valence-corrected chi connectivity index (χ2v) is 6.73. The molecule has 166 valence electrons. The summed E-state index contributed by atoms with van der Waals surface area (Å²) in [6.07, 6.45) is 1.99. The van der Waals surface area contributed by atoms with Gasteiger partial charge in [0.25, 0.3) is 0 Å². The van der Waals surface area contributed by atoms with Gasteiger partial charge in [-0.25, -0.2) is 0 Å². The molecule has 0 amide bonds. The van der Waals surface area contributed by atoms with Gasteiger partial charge < -0.3 is 30.2 Å². The zero-order valence-corrected chi connectivity index (χ0v) is 18.0. The molecule has 30 heavy (non-hydrogen) atoms. The van der Waals surface area contributed by atoms with Crippen molar-refractivity contribution < 1.29 is 14.2 Å². The van der Waals surface area contributed by atoms with Crippen molar-refractivity contribution in [3.05, 3.63) is 35.9 Å². The molecule has 2 aromatic rings. The molecule has 0 saturated carbocycles. The normalized spacial score (nSPS) is 10.8. The summed E-state index contributed by atoms with van der Waals surface area (Å²) >= 11 is 0. The maximum Gasteiger partial charge on any atom is 0.323 e. The molecule has 3 N–H and O–H groups in total. The van der Waals surface area contributed by atoms with Crippen molar-refractivity contribution in [3.63, 3.8) is 0 Å². The summed E-state index contributed by atoms with van der Waals surface area (Å²) in [4.78, 5) is 15.4. The van der Waals surface area contributed by atoms with Crippen LogP contribution in [0.4, 0.5) is 11.9 Å². The zero-order valence-electron chi connectivity index (χ0n) is 18.0. The van der Waals surface area contributed by atoms with E-state index in [1.807, 2.05) is 30.1 Å². The number of nitrogens with one attached hydrogen (secondary N) is 1. The summed E-state index contributed by atoms with van der Waals surface area (Å²) in [7, 11) is 1.95. The average molecular weight is 419 g/mol. The molecule has 0 saturated heterocycles. The van der Waals surface area contributed by atoms with Gasteiger partial charge in [0.2, 0.25) is 11.9 Å². The van der Waals surface area contributed by atoms with E-state index < -0.39 is 0 Å². The number of unbranched alkanes of at least 4 members (excludes halogenated alkanes) is 1. The molecular formula is C21H34N6O3. The molecule has 9 heteroatoms. The van der Waals surface area contributed by atoms with Crippen LogP contribution in [0.25, 0.3) is 0 Å². The quantitative estimate of drug-likeness (QED) is 0.396. The van der Waals surface area contributed by atoms with Gasteiger partial charge in [0.1, 0.15) is 0 Å². The predicted octanol–water partition coefficient (Wildman–Crippen LogP) is 2.09. The van der Waals surface area contributed by atoms with E-state index >= 15 is 0 Å². The summed E-state index contributed by atoms with van der Waals surface area (Å²) in [6.45, 7) is 6.58. The van der Waals surface area contributed by atoms with Crippen LogP contribution in [0.2, 0.25) is 0 Å². The molecule has 1 heterocycles. The summed E-state index contributed by atoms with van der Waals surface area (Å²) in [5.74, 6) is 1.02. The van der Waals surface area contributed by atoms with Gasteiger partial charge in [-0.3, -0.25) is 0 Å². The molecule has 0 bridgehead atoms. The van der Waals surface area contributed by atoms with Gasteiger partial charge in [-0.2, -0.15) is 15.0 Å². The molecule has 0 radical (unpaired) electrons. The number of aromatic nitrogens is 3. The largest absolute Gasteiger partial charge is 0.463 e. The SMILES string of the molecule is CCCCOc1nc(NCCOCCOCCN)nc(N(C)Cc2ccccc2)n1. The molecule has 0 aliphatic rings.